The van der Waals surface area contributed by atoms with Gasteiger partial charge in [-0.2, -0.15) is 0 Å². The summed E-state index contributed by atoms with van der Waals surface area (Å²) in [6.45, 7) is 5.34. The van der Waals surface area contributed by atoms with Crippen molar-refractivity contribution in [2.75, 3.05) is 4.90 Å². The van der Waals surface area contributed by atoms with Gasteiger partial charge in [-0.25, -0.2) is 9.78 Å². The molecule has 138 valence electrons. The average Bonchev–Trinajstić information content (AvgIpc) is 3.08. The van der Waals surface area contributed by atoms with E-state index in [0.717, 1.165) is 16.9 Å². The molecule has 0 saturated heterocycles. The standard InChI is InChI=1S/C20H19N3O3S/c1-13-5-4-6-18(9-13)23(15(3)24)20-22-17(12-27-20)11-26-19(25)16-8-7-14(2)21-10-16/h4-10,12H,11H2,1-3H3. The predicted octanol–water partition coefficient (Wildman–Crippen LogP) is 4.20. The molecule has 3 aromatic rings. The number of carbonyl (C=O) groups is 2. The first-order chi connectivity index (χ1) is 12.9. The Bertz CT molecular complexity index is 967. The third kappa shape index (κ3) is 4.57. The number of amides is 1. The highest BCUT2D eigenvalue weighted by Gasteiger charge is 2.18. The van der Waals surface area contributed by atoms with E-state index in [0.29, 0.717) is 16.4 Å². The van der Waals surface area contributed by atoms with E-state index >= 15 is 0 Å². The van der Waals surface area contributed by atoms with Gasteiger partial charge in [-0.05, 0) is 43.7 Å². The number of aromatic nitrogens is 2. The van der Waals surface area contributed by atoms with Gasteiger partial charge < -0.3 is 4.74 Å². The first-order valence-electron chi connectivity index (χ1n) is 8.35. The molecule has 0 radical (unpaired) electrons. The van der Waals surface area contributed by atoms with Crippen molar-refractivity contribution in [2.24, 2.45) is 0 Å². The maximum Gasteiger partial charge on any atom is 0.340 e. The minimum atomic E-state index is -0.459. The molecule has 0 fully saturated rings. The van der Waals surface area contributed by atoms with Crippen molar-refractivity contribution in [1.82, 2.24) is 9.97 Å². The Morgan fingerprint density at radius 3 is 2.67 bits per heavy atom. The Hall–Kier alpha value is -3.06. The summed E-state index contributed by atoms with van der Waals surface area (Å²) in [7, 11) is 0. The van der Waals surface area contributed by atoms with Gasteiger partial charge in [0.2, 0.25) is 5.91 Å². The predicted molar refractivity (Wildman–Crippen MR) is 104 cm³/mol. The third-order valence-electron chi connectivity index (χ3n) is 3.80. The molecule has 3 rings (SSSR count). The number of ether oxygens (including phenoxy) is 1. The number of rotatable bonds is 5. The molecule has 0 bridgehead atoms. The van der Waals surface area contributed by atoms with Gasteiger partial charge in [0.15, 0.2) is 5.13 Å². The van der Waals surface area contributed by atoms with Gasteiger partial charge >= 0.3 is 5.97 Å². The number of nitrogens with zero attached hydrogens (tertiary/aromatic N) is 3. The first-order valence-corrected chi connectivity index (χ1v) is 9.23. The molecule has 27 heavy (non-hydrogen) atoms. The zero-order valence-electron chi connectivity index (χ0n) is 15.3. The van der Waals surface area contributed by atoms with Crippen LogP contribution in [-0.4, -0.2) is 21.8 Å². The van der Waals surface area contributed by atoms with Crippen molar-refractivity contribution < 1.29 is 14.3 Å². The van der Waals surface area contributed by atoms with E-state index in [1.807, 2.05) is 38.1 Å². The van der Waals surface area contributed by atoms with E-state index in [1.54, 1.807) is 22.4 Å². The maximum absolute atomic E-state index is 12.1. The number of carbonyl (C=O) groups excluding carboxylic acids is 2. The van der Waals surface area contributed by atoms with Crippen LogP contribution in [0.25, 0.3) is 0 Å². The molecule has 0 unspecified atom stereocenters. The van der Waals surface area contributed by atoms with Crippen LogP contribution in [0.5, 0.6) is 0 Å². The summed E-state index contributed by atoms with van der Waals surface area (Å²) in [6, 6.07) is 11.1. The minimum absolute atomic E-state index is 0.0305. The lowest BCUT2D eigenvalue weighted by Gasteiger charge is -2.18. The van der Waals surface area contributed by atoms with Gasteiger partial charge in [0.05, 0.1) is 16.9 Å². The summed E-state index contributed by atoms with van der Waals surface area (Å²) in [5, 5.41) is 2.32. The molecule has 2 heterocycles. The summed E-state index contributed by atoms with van der Waals surface area (Å²) in [5.41, 5.74) is 3.61. The van der Waals surface area contributed by atoms with E-state index in [-0.39, 0.29) is 12.5 Å². The summed E-state index contributed by atoms with van der Waals surface area (Å²) in [6.07, 6.45) is 1.49. The molecule has 2 aromatic heterocycles. The second kappa shape index (κ2) is 8.09. The number of benzene rings is 1. The molecule has 0 aliphatic carbocycles. The van der Waals surface area contributed by atoms with Crippen molar-refractivity contribution in [3.63, 3.8) is 0 Å². The number of anilines is 2. The van der Waals surface area contributed by atoms with Crippen molar-refractivity contribution in [3.05, 3.63) is 70.5 Å². The van der Waals surface area contributed by atoms with Crippen LogP contribution in [0.3, 0.4) is 0 Å². The van der Waals surface area contributed by atoms with Crippen LogP contribution >= 0.6 is 11.3 Å². The van der Waals surface area contributed by atoms with Crippen molar-refractivity contribution in [1.29, 1.82) is 0 Å². The van der Waals surface area contributed by atoms with Gasteiger partial charge in [0.1, 0.15) is 6.61 Å². The minimum Gasteiger partial charge on any atom is -0.456 e. The SMILES string of the molecule is CC(=O)N(c1cccc(C)c1)c1nc(COC(=O)c2ccc(C)nc2)cs1. The van der Waals surface area contributed by atoms with Gasteiger partial charge in [0, 0.05) is 24.2 Å². The highest BCUT2D eigenvalue weighted by Crippen LogP contribution is 2.29. The Balaban J connectivity index is 1.72. The van der Waals surface area contributed by atoms with E-state index in [4.69, 9.17) is 4.74 Å². The number of thiazole rings is 1. The second-order valence-corrected chi connectivity index (χ2v) is 6.92. The fraction of sp³-hybridized carbons (Fsp3) is 0.200. The summed E-state index contributed by atoms with van der Waals surface area (Å²) in [5.74, 6) is -0.594. The van der Waals surface area contributed by atoms with Gasteiger partial charge in [-0.15, -0.1) is 11.3 Å². The lowest BCUT2D eigenvalue weighted by atomic mass is 10.2. The molecule has 0 aliphatic heterocycles. The Kier molecular flexibility index (Phi) is 5.61. The molecule has 1 aromatic carbocycles. The molecule has 6 nitrogen and oxygen atoms in total. The Morgan fingerprint density at radius 1 is 1.19 bits per heavy atom. The number of aryl methyl sites for hydroxylation is 2. The molecular formula is C20H19N3O3S. The fourth-order valence-electron chi connectivity index (χ4n) is 2.47. The topological polar surface area (TPSA) is 72.4 Å². The largest absolute Gasteiger partial charge is 0.456 e. The number of pyridine rings is 1. The van der Waals surface area contributed by atoms with Crippen molar-refractivity contribution in [3.8, 4) is 0 Å². The average molecular weight is 381 g/mol. The first kappa shape index (κ1) is 18.7. The van der Waals surface area contributed by atoms with E-state index in [2.05, 4.69) is 9.97 Å². The van der Waals surface area contributed by atoms with Crippen LogP contribution in [0.4, 0.5) is 10.8 Å². The number of hydrogen-bond acceptors (Lipinski definition) is 6. The second-order valence-electron chi connectivity index (χ2n) is 6.08. The molecule has 0 spiro atoms. The van der Waals surface area contributed by atoms with Gasteiger partial charge in [0.25, 0.3) is 0 Å². The highest BCUT2D eigenvalue weighted by atomic mass is 32.1. The van der Waals surface area contributed by atoms with Crippen LogP contribution < -0.4 is 4.90 Å². The number of hydrogen-bond donors (Lipinski definition) is 0. The normalized spacial score (nSPS) is 10.5. The molecular weight excluding hydrogens is 362 g/mol. The third-order valence-corrected chi connectivity index (χ3v) is 4.68. The van der Waals surface area contributed by atoms with E-state index < -0.39 is 5.97 Å². The van der Waals surface area contributed by atoms with Crippen LogP contribution in [0, 0.1) is 13.8 Å². The zero-order chi connectivity index (χ0) is 19.4. The summed E-state index contributed by atoms with van der Waals surface area (Å²) < 4.78 is 5.29. The van der Waals surface area contributed by atoms with E-state index in [1.165, 1.54) is 24.5 Å². The molecule has 0 atom stereocenters. The van der Waals surface area contributed by atoms with E-state index in [9.17, 15) is 9.59 Å². The molecule has 0 N–H and O–H groups in total. The maximum atomic E-state index is 12.1. The Morgan fingerprint density at radius 2 is 2.00 bits per heavy atom. The van der Waals surface area contributed by atoms with Crippen LogP contribution in [0.1, 0.15) is 34.2 Å². The summed E-state index contributed by atoms with van der Waals surface area (Å²) >= 11 is 1.33. The van der Waals surface area contributed by atoms with Crippen molar-refractivity contribution >= 4 is 34.0 Å². The van der Waals surface area contributed by atoms with Gasteiger partial charge in [-0.1, -0.05) is 12.1 Å². The van der Waals surface area contributed by atoms with Crippen molar-refractivity contribution in [2.45, 2.75) is 27.4 Å². The lowest BCUT2D eigenvalue weighted by molar-refractivity contribution is -0.115. The summed E-state index contributed by atoms with van der Waals surface area (Å²) in [4.78, 5) is 34.3. The molecule has 0 aliphatic rings. The number of esters is 1. The molecule has 7 heteroatoms. The smallest absolute Gasteiger partial charge is 0.340 e. The molecule has 0 saturated carbocycles. The Labute approximate surface area is 161 Å². The molecule has 1 amide bonds. The monoisotopic (exact) mass is 381 g/mol. The van der Waals surface area contributed by atoms with Crippen LogP contribution in [-0.2, 0) is 16.1 Å². The quantitative estimate of drug-likeness (QED) is 0.620. The van der Waals surface area contributed by atoms with Crippen LogP contribution in [0.15, 0.2) is 48.0 Å². The lowest BCUT2D eigenvalue weighted by Crippen LogP contribution is -2.22. The zero-order valence-corrected chi connectivity index (χ0v) is 16.1. The van der Waals surface area contributed by atoms with Crippen LogP contribution in [0.2, 0.25) is 0 Å². The fourth-order valence-corrected chi connectivity index (χ4v) is 3.34. The van der Waals surface area contributed by atoms with Gasteiger partial charge in [-0.3, -0.25) is 14.7 Å². The highest BCUT2D eigenvalue weighted by molar-refractivity contribution is 7.14.